The van der Waals surface area contributed by atoms with E-state index in [2.05, 4.69) is 36.1 Å². The molecule has 0 radical (unpaired) electrons. The van der Waals surface area contributed by atoms with E-state index in [0.29, 0.717) is 34.9 Å². The number of ether oxygens (including phenoxy) is 1. The van der Waals surface area contributed by atoms with Gasteiger partial charge in [0.1, 0.15) is 0 Å². The van der Waals surface area contributed by atoms with Crippen molar-refractivity contribution < 1.29 is 9.53 Å². The fourth-order valence-corrected chi connectivity index (χ4v) is 3.70. The highest BCUT2D eigenvalue weighted by atomic mass is 32.2. The van der Waals surface area contributed by atoms with Crippen molar-refractivity contribution in [2.45, 2.75) is 36.7 Å². The number of amides is 1. The lowest BCUT2D eigenvalue weighted by Crippen LogP contribution is -2.12. The van der Waals surface area contributed by atoms with E-state index in [1.807, 2.05) is 44.2 Å². The average molecular weight is 440 g/mol. The van der Waals surface area contributed by atoms with Crippen LogP contribution in [0.4, 0.5) is 23.1 Å². The van der Waals surface area contributed by atoms with Crippen LogP contribution in [-0.2, 0) is 4.79 Å². The number of hydrogen-bond donors (Lipinski definition) is 4. The van der Waals surface area contributed by atoms with E-state index in [-0.39, 0.29) is 11.8 Å². The van der Waals surface area contributed by atoms with Crippen molar-refractivity contribution in [2.75, 3.05) is 29.6 Å². The standard InChI is InChI=1S/C21H25N7O2S/c1-4-22-18-17(30-3)19(24-16-11-12(2)27-28-16)26-21(25-18)31-15-9-7-14(8-10-15)23-20(29)13-5-6-13/h7-11,13H,4-6H2,1-3H3,(H,23,29)(H3,22,24,25,26,27,28). The highest BCUT2D eigenvalue weighted by Crippen LogP contribution is 2.36. The molecule has 4 rings (SSSR count). The molecule has 31 heavy (non-hydrogen) atoms. The highest BCUT2D eigenvalue weighted by molar-refractivity contribution is 7.99. The van der Waals surface area contributed by atoms with Gasteiger partial charge in [-0.25, -0.2) is 9.97 Å². The molecule has 1 fully saturated rings. The maximum absolute atomic E-state index is 11.9. The maximum atomic E-state index is 11.9. The summed E-state index contributed by atoms with van der Waals surface area (Å²) in [7, 11) is 1.59. The third kappa shape index (κ3) is 5.26. The molecule has 0 saturated heterocycles. The second-order valence-electron chi connectivity index (χ2n) is 7.22. The molecule has 1 saturated carbocycles. The number of methoxy groups -OCH3 is 1. The Morgan fingerprint density at radius 3 is 2.58 bits per heavy atom. The van der Waals surface area contributed by atoms with Crippen molar-refractivity contribution >= 4 is 40.8 Å². The van der Waals surface area contributed by atoms with Gasteiger partial charge in [0.05, 0.1) is 7.11 Å². The van der Waals surface area contributed by atoms with Crippen LogP contribution in [0.1, 0.15) is 25.5 Å². The first-order valence-electron chi connectivity index (χ1n) is 10.1. The van der Waals surface area contributed by atoms with Gasteiger partial charge >= 0.3 is 0 Å². The van der Waals surface area contributed by atoms with E-state index in [4.69, 9.17) is 4.74 Å². The maximum Gasteiger partial charge on any atom is 0.227 e. The Morgan fingerprint density at radius 2 is 1.97 bits per heavy atom. The van der Waals surface area contributed by atoms with Crippen LogP contribution in [-0.4, -0.2) is 39.7 Å². The quantitative estimate of drug-likeness (QED) is 0.367. The smallest absolute Gasteiger partial charge is 0.227 e. The van der Waals surface area contributed by atoms with Crippen LogP contribution in [0.3, 0.4) is 0 Å². The molecule has 1 aliphatic rings. The largest absolute Gasteiger partial charge is 0.490 e. The number of aromatic amines is 1. The molecule has 0 aliphatic heterocycles. The molecule has 0 spiro atoms. The topological polar surface area (TPSA) is 117 Å². The third-order valence-corrected chi connectivity index (χ3v) is 5.50. The van der Waals surface area contributed by atoms with Crippen molar-refractivity contribution in [3.8, 4) is 5.75 Å². The fraction of sp³-hybridized carbons (Fsp3) is 0.333. The lowest BCUT2D eigenvalue weighted by atomic mass is 10.3. The molecule has 0 unspecified atom stereocenters. The van der Waals surface area contributed by atoms with Gasteiger partial charge in [-0.15, -0.1) is 0 Å². The Labute approximate surface area is 184 Å². The molecule has 1 amide bonds. The minimum Gasteiger partial charge on any atom is -0.490 e. The van der Waals surface area contributed by atoms with Gasteiger partial charge in [-0.05, 0) is 62.7 Å². The summed E-state index contributed by atoms with van der Waals surface area (Å²) in [6.45, 7) is 4.61. The Kier molecular flexibility index (Phi) is 6.26. The summed E-state index contributed by atoms with van der Waals surface area (Å²) in [6.07, 6.45) is 1.97. The summed E-state index contributed by atoms with van der Waals surface area (Å²) in [5.41, 5.74) is 1.73. The Morgan fingerprint density at radius 1 is 1.23 bits per heavy atom. The lowest BCUT2D eigenvalue weighted by molar-refractivity contribution is -0.117. The average Bonchev–Trinajstić information content (AvgIpc) is 3.52. The first kappa shape index (κ1) is 21.0. The van der Waals surface area contributed by atoms with Crippen LogP contribution in [0, 0.1) is 12.8 Å². The first-order valence-corrected chi connectivity index (χ1v) is 10.9. The fourth-order valence-electron chi connectivity index (χ4n) is 2.95. The third-order valence-electron chi connectivity index (χ3n) is 4.62. The van der Waals surface area contributed by atoms with E-state index in [9.17, 15) is 4.79 Å². The van der Waals surface area contributed by atoms with Crippen molar-refractivity contribution in [1.82, 2.24) is 20.2 Å². The SMILES string of the molecule is CCNc1nc(Sc2ccc(NC(=O)C3CC3)cc2)nc(Nc2cc(C)[nH]n2)c1OC. The molecule has 9 nitrogen and oxygen atoms in total. The molecule has 162 valence electrons. The van der Waals surface area contributed by atoms with Crippen molar-refractivity contribution in [1.29, 1.82) is 0 Å². The lowest BCUT2D eigenvalue weighted by Gasteiger charge is -2.15. The number of rotatable bonds is 9. The number of carbonyl (C=O) groups excluding carboxylic acids is 1. The number of aryl methyl sites for hydroxylation is 1. The van der Waals surface area contributed by atoms with Crippen LogP contribution in [0.5, 0.6) is 5.75 Å². The zero-order chi connectivity index (χ0) is 21.8. The summed E-state index contributed by atoms with van der Waals surface area (Å²) in [4.78, 5) is 22.1. The van der Waals surface area contributed by atoms with Gasteiger partial charge in [0.15, 0.2) is 22.6 Å². The minimum atomic E-state index is 0.0958. The van der Waals surface area contributed by atoms with E-state index >= 15 is 0 Å². The normalized spacial score (nSPS) is 13.0. The zero-order valence-corrected chi connectivity index (χ0v) is 18.5. The second kappa shape index (κ2) is 9.25. The van der Waals surface area contributed by atoms with E-state index in [1.54, 1.807) is 7.11 Å². The molecule has 3 aromatic rings. The number of H-pyrrole nitrogens is 1. The molecule has 0 atom stereocenters. The van der Waals surface area contributed by atoms with Crippen molar-refractivity contribution in [3.63, 3.8) is 0 Å². The van der Waals surface area contributed by atoms with Crippen LogP contribution < -0.4 is 20.7 Å². The van der Waals surface area contributed by atoms with Crippen LogP contribution in [0.25, 0.3) is 0 Å². The summed E-state index contributed by atoms with van der Waals surface area (Å²) < 4.78 is 5.55. The van der Waals surface area contributed by atoms with Crippen LogP contribution in [0.15, 0.2) is 40.4 Å². The molecular formula is C21H25N7O2S. The van der Waals surface area contributed by atoms with E-state index in [1.165, 1.54) is 11.8 Å². The van der Waals surface area contributed by atoms with Gasteiger partial charge in [-0.3, -0.25) is 9.89 Å². The van der Waals surface area contributed by atoms with Gasteiger partial charge < -0.3 is 20.7 Å². The van der Waals surface area contributed by atoms with Gasteiger partial charge in [-0.2, -0.15) is 5.10 Å². The molecule has 1 aromatic carbocycles. The number of hydrogen-bond acceptors (Lipinski definition) is 8. The molecular weight excluding hydrogens is 414 g/mol. The Hall–Kier alpha value is -3.27. The van der Waals surface area contributed by atoms with Crippen LogP contribution >= 0.6 is 11.8 Å². The predicted molar refractivity (Wildman–Crippen MR) is 121 cm³/mol. The molecule has 10 heteroatoms. The molecule has 2 aromatic heterocycles. The number of carbonyl (C=O) groups is 1. The second-order valence-corrected chi connectivity index (χ2v) is 8.26. The van der Waals surface area contributed by atoms with Gasteiger partial charge in [0.2, 0.25) is 11.7 Å². The number of aromatic nitrogens is 4. The monoisotopic (exact) mass is 439 g/mol. The summed E-state index contributed by atoms with van der Waals surface area (Å²) in [5.74, 6) is 2.56. The van der Waals surface area contributed by atoms with Crippen molar-refractivity contribution in [2.24, 2.45) is 5.92 Å². The number of benzene rings is 1. The Balaban J connectivity index is 1.55. The molecule has 1 aliphatic carbocycles. The molecule has 2 heterocycles. The van der Waals surface area contributed by atoms with E-state index < -0.39 is 0 Å². The summed E-state index contributed by atoms with van der Waals surface area (Å²) >= 11 is 1.42. The predicted octanol–water partition coefficient (Wildman–Crippen LogP) is 4.19. The summed E-state index contributed by atoms with van der Waals surface area (Å²) in [5, 5.41) is 17.0. The minimum absolute atomic E-state index is 0.0958. The van der Waals surface area contributed by atoms with E-state index in [0.717, 1.165) is 29.1 Å². The van der Waals surface area contributed by atoms with Crippen LogP contribution in [0.2, 0.25) is 0 Å². The molecule has 0 bridgehead atoms. The first-order chi connectivity index (χ1) is 15.1. The summed E-state index contributed by atoms with van der Waals surface area (Å²) in [6, 6.07) is 9.55. The highest BCUT2D eigenvalue weighted by Gasteiger charge is 2.29. The molecule has 4 N–H and O–H groups in total. The van der Waals surface area contributed by atoms with Crippen molar-refractivity contribution in [3.05, 3.63) is 36.0 Å². The number of nitrogens with zero attached hydrogens (tertiary/aromatic N) is 3. The zero-order valence-electron chi connectivity index (χ0n) is 17.7. The number of nitrogens with one attached hydrogen (secondary N) is 4. The van der Waals surface area contributed by atoms with Gasteiger partial charge in [0.25, 0.3) is 0 Å². The Bertz CT molecular complexity index is 1060. The number of anilines is 4. The van der Waals surface area contributed by atoms with Gasteiger partial charge in [-0.1, -0.05) is 0 Å². The van der Waals surface area contributed by atoms with Gasteiger partial charge in [0, 0.05) is 34.8 Å².